The molecule has 2 aromatic rings. The molecule has 2 aromatic heterocycles. The fourth-order valence-electron chi connectivity index (χ4n) is 4.68. The standard InChI is InChI=1S/C21H29N3O3S3/c1-13-14(2)29-21-19(13)20(22-15(3)23-21)28-11-18(25)24(16-7-5-4-6-8-16)17-9-10-30(26,27)12-17/h16-17H,4-12H2,1-3H3. The number of amides is 1. The van der Waals surface area contributed by atoms with Gasteiger partial charge < -0.3 is 4.90 Å². The number of fused-ring (bicyclic) bond motifs is 1. The first-order chi connectivity index (χ1) is 14.2. The molecule has 30 heavy (non-hydrogen) atoms. The third kappa shape index (κ3) is 4.53. The highest BCUT2D eigenvalue weighted by molar-refractivity contribution is 8.00. The number of nitrogens with zero attached hydrogens (tertiary/aromatic N) is 3. The van der Waals surface area contributed by atoms with Gasteiger partial charge in [0, 0.05) is 22.3 Å². The van der Waals surface area contributed by atoms with Crippen LogP contribution in [0.5, 0.6) is 0 Å². The van der Waals surface area contributed by atoms with Gasteiger partial charge in [-0.15, -0.1) is 11.3 Å². The van der Waals surface area contributed by atoms with Gasteiger partial charge in [-0.05, 0) is 45.6 Å². The summed E-state index contributed by atoms with van der Waals surface area (Å²) in [5.41, 5.74) is 1.18. The first-order valence-corrected chi connectivity index (χ1v) is 14.3. The highest BCUT2D eigenvalue weighted by atomic mass is 32.2. The van der Waals surface area contributed by atoms with Crippen molar-refractivity contribution in [1.82, 2.24) is 14.9 Å². The highest BCUT2D eigenvalue weighted by Crippen LogP contribution is 2.36. The van der Waals surface area contributed by atoms with Crippen LogP contribution in [0.2, 0.25) is 0 Å². The monoisotopic (exact) mass is 467 g/mol. The summed E-state index contributed by atoms with van der Waals surface area (Å²) in [7, 11) is -3.04. The van der Waals surface area contributed by atoms with E-state index in [2.05, 4.69) is 23.8 Å². The number of aryl methyl sites for hydroxylation is 3. The number of thiophene rings is 1. The van der Waals surface area contributed by atoms with Gasteiger partial charge in [-0.1, -0.05) is 31.0 Å². The van der Waals surface area contributed by atoms with Crippen LogP contribution in [0.4, 0.5) is 0 Å². The van der Waals surface area contributed by atoms with E-state index in [1.54, 1.807) is 11.3 Å². The molecule has 0 N–H and O–H groups in total. The van der Waals surface area contributed by atoms with Gasteiger partial charge >= 0.3 is 0 Å². The van der Waals surface area contributed by atoms with Gasteiger partial charge in [0.1, 0.15) is 15.7 Å². The SMILES string of the molecule is Cc1nc(SCC(=O)N(C2CCCCC2)C2CCS(=O)(=O)C2)c2c(C)c(C)sc2n1. The van der Waals surface area contributed by atoms with Crippen molar-refractivity contribution >= 4 is 49.1 Å². The van der Waals surface area contributed by atoms with E-state index < -0.39 is 9.84 Å². The zero-order valence-electron chi connectivity index (χ0n) is 17.8. The van der Waals surface area contributed by atoms with Crippen LogP contribution in [0, 0.1) is 20.8 Å². The summed E-state index contributed by atoms with van der Waals surface area (Å²) >= 11 is 3.13. The fraction of sp³-hybridized carbons (Fsp3) is 0.667. The van der Waals surface area contributed by atoms with E-state index in [4.69, 9.17) is 0 Å². The van der Waals surface area contributed by atoms with Crippen LogP contribution in [0.3, 0.4) is 0 Å². The maximum Gasteiger partial charge on any atom is 0.233 e. The van der Waals surface area contributed by atoms with E-state index >= 15 is 0 Å². The molecule has 2 fully saturated rings. The molecule has 1 saturated carbocycles. The predicted octanol–water partition coefficient (Wildman–Crippen LogP) is 4.06. The first-order valence-electron chi connectivity index (χ1n) is 10.6. The predicted molar refractivity (Wildman–Crippen MR) is 123 cm³/mol. The van der Waals surface area contributed by atoms with Crippen LogP contribution in [-0.4, -0.2) is 58.5 Å². The molecule has 2 aliphatic rings. The molecule has 1 amide bonds. The molecule has 3 heterocycles. The Morgan fingerprint density at radius 1 is 1.10 bits per heavy atom. The molecule has 1 saturated heterocycles. The Morgan fingerprint density at radius 3 is 2.50 bits per heavy atom. The van der Waals surface area contributed by atoms with Crippen LogP contribution in [0.25, 0.3) is 10.2 Å². The zero-order valence-corrected chi connectivity index (χ0v) is 20.3. The molecular weight excluding hydrogens is 438 g/mol. The topological polar surface area (TPSA) is 80.2 Å². The van der Waals surface area contributed by atoms with Crippen LogP contribution in [-0.2, 0) is 14.6 Å². The molecule has 6 nitrogen and oxygen atoms in total. The number of hydrogen-bond donors (Lipinski definition) is 0. The summed E-state index contributed by atoms with van der Waals surface area (Å²) in [6.07, 6.45) is 5.94. The molecule has 4 rings (SSSR count). The molecule has 0 radical (unpaired) electrons. The van der Waals surface area contributed by atoms with Gasteiger partial charge in [0.05, 0.1) is 17.3 Å². The summed E-state index contributed by atoms with van der Waals surface area (Å²) in [6, 6.07) is -0.00841. The fourth-order valence-corrected chi connectivity index (χ4v) is 8.53. The van der Waals surface area contributed by atoms with Crippen LogP contribution < -0.4 is 0 Å². The van der Waals surface area contributed by atoms with Gasteiger partial charge in [-0.3, -0.25) is 4.79 Å². The van der Waals surface area contributed by atoms with E-state index in [0.29, 0.717) is 12.2 Å². The van der Waals surface area contributed by atoms with Gasteiger partial charge in [-0.25, -0.2) is 18.4 Å². The summed E-state index contributed by atoms with van der Waals surface area (Å²) in [4.78, 5) is 26.7. The molecule has 0 spiro atoms. The summed E-state index contributed by atoms with van der Waals surface area (Å²) < 4.78 is 24.2. The number of sulfone groups is 1. The number of thioether (sulfide) groups is 1. The van der Waals surface area contributed by atoms with Crippen LogP contribution in [0.1, 0.15) is 54.8 Å². The van der Waals surface area contributed by atoms with Gasteiger partial charge in [0.2, 0.25) is 5.91 Å². The number of rotatable bonds is 5. The number of aromatic nitrogens is 2. The van der Waals surface area contributed by atoms with E-state index in [0.717, 1.165) is 40.9 Å². The Morgan fingerprint density at radius 2 is 1.83 bits per heavy atom. The molecule has 1 atom stereocenters. The van der Waals surface area contributed by atoms with Gasteiger partial charge in [-0.2, -0.15) is 0 Å². The molecule has 164 valence electrons. The largest absolute Gasteiger partial charge is 0.335 e. The highest BCUT2D eigenvalue weighted by Gasteiger charge is 2.38. The second-order valence-corrected chi connectivity index (χ2v) is 12.9. The Kier molecular flexibility index (Phi) is 6.42. The third-order valence-corrected chi connectivity index (χ3v) is 10.1. The van der Waals surface area contributed by atoms with Crippen LogP contribution >= 0.6 is 23.1 Å². The quantitative estimate of drug-likeness (QED) is 0.487. The molecule has 1 unspecified atom stereocenters. The van der Waals surface area contributed by atoms with Crippen molar-refractivity contribution < 1.29 is 13.2 Å². The Bertz CT molecular complexity index is 1060. The van der Waals surface area contributed by atoms with Crippen molar-refractivity contribution in [3.63, 3.8) is 0 Å². The second kappa shape index (κ2) is 8.74. The van der Waals surface area contributed by atoms with Crippen molar-refractivity contribution in [2.75, 3.05) is 17.3 Å². The number of carbonyl (C=O) groups excluding carboxylic acids is 1. The normalized spacial score (nSPS) is 21.9. The van der Waals surface area contributed by atoms with E-state index in [1.165, 1.54) is 28.6 Å². The van der Waals surface area contributed by atoms with Crippen molar-refractivity contribution in [3.05, 3.63) is 16.3 Å². The summed E-state index contributed by atoms with van der Waals surface area (Å²) in [5.74, 6) is 1.35. The van der Waals surface area contributed by atoms with Gasteiger partial charge in [0.15, 0.2) is 9.84 Å². The average Bonchev–Trinajstić information content (AvgIpc) is 3.19. The molecule has 0 bridgehead atoms. The summed E-state index contributed by atoms with van der Waals surface area (Å²) in [5, 5.41) is 1.91. The maximum atomic E-state index is 13.4. The van der Waals surface area contributed by atoms with E-state index in [1.807, 2.05) is 11.8 Å². The molecular formula is C21H29N3O3S3. The van der Waals surface area contributed by atoms with Crippen molar-refractivity contribution in [2.24, 2.45) is 0 Å². The minimum Gasteiger partial charge on any atom is -0.335 e. The molecule has 1 aliphatic heterocycles. The van der Waals surface area contributed by atoms with Gasteiger partial charge in [0.25, 0.3) is 0 Å². The number of carbonyl (C=O) groups is 1. The zero-order chi connectivity index (χ0) is 21.5. The lowest BCUT2D eigenvalue weighted by Gasteiger charge is -2.38. The molecule has 1 aliphatic carbocycles. The molecule has 9 heteroatoms. The van der Waals surface area contributed by atoms with E-state index in [9.17, 15) is 13.2 Å². The van der Waals surface area contributed by atoms with E-state index in [-0.39, 0.29) is 35.2 Å². The number of hydrogen-bond acceptors (Lipinski definition) is 7. The third-order valence-electron chi connectivity index (χ3n) is 6.30. The lowest BCUT2D eigenvalue weighted by Crippen LogP contribution is -2.49. The van der Waals surface area contributed by atoms with Crippen LogP contribution in [0.15, 0.2) is 5.03 Å². The van der Waals surface area contributed by atoms with Crippen molar-refractivity contribution in [1.29, 1.82) is 0 Å². The Hall–Kier alpha value is -1.19. The summed E-state index contributed by atoms with van der Waals surface area (Å²) in [6.45, 7) is 6.05. The first kappa shape index (κ1) is 22.0. The minimum absolute atomic E-state index is 0.0445. The minimum atomic E-state index is -3.04. The average molecular weight is 468 g/mol. The second-order valence-electron chi connectivity index (χ2n) is 8.48. The Labute approximate surface area is 186 Å². The van der Waals surface area contributed by atoms with Crippen molar-refractivity contribution in [2.45, 2.75) is 76.4 Å². The lowest BCUT2D eigenvalue weighted by atomic mass is 9.93. The lowest BCUT2D eigenvalue weighted by molar-refractivity contribution is -0.133. The maximum absolute atomic E-state index is 13.4. The Balaban J connectivity index is 1.56. The van der Waals surface area contributed by atoms with Crippen molar-refractivity contribution in [3.8, 4) is 0 Å². The smallest absolute Gasteiger partial charge is 0.233 e. The molecule has 0 aromatic carbocycles.